The molecule has 3 N–H and O–H groups in total. The van der Waals surface area contributed by atoms with Gasteiger partial charge in [-0.2, -0.15) is 0 Å². The Kier molecular flexibility index (Phi) is 5.81. The molecule has 104 valence electrons. The number of carbonyl (C=O) groups is 2. The molecule has 0 saturated heterocycles. The summed E-state index contributed by atoms with van der Waals surface area (Å²) >= 11 is 0. The lowest BCUT2D eigenvalue weighted by Crippen LogP contribution is -2.43. The van der Waals surface area contributed by atoms with Crippen LogP contribution in [0.3, 0.4) is 0 Å². The molecule has 1 unspecified atom stereocenters. The lowest BCUT2D eigenvalue weighted by atomic mass is 10.2. The standard InChI is InChI=1S/C13H19N3O3/c1-9(12(17)16-13(18)15-3)19-11-6-4-5-10(7-11)8-14-2/h4-7,9,14H,8H2,1-3H3,(H2,15,16,17,18). The van der Waals surface area contributed by atoms with E-state index in [1.54, 1.807) is 13.0 Å². The topological polar surface area (TPSA) is 79.5 Å². The number of rotatable bonds is 5. The first-order valence-electron chi connectivity index (χ1n) is 5.99. The number of amides is 3. The highest BCUT2D eigenvalue weighted by Crippen LogP contribution is 2.14. The summed E-state index contributed by atoms with van der Waals surface area (Å²) < 4.78 is 5.49. The van der Waals surface area contributed by atoms with Crippen molar-refractivity contribution in [3.8, 4) is 5.75 Å². The molecule has 0 aliphatic heterocycles. The summed E-state index contributed by atoms with van der Waals surface area (Å²) in [4.78, 5) is 22.6. The third kappa shape index (κ3) is 4.97. The lowest BCUT2D eigenvalue weighted by Gasteiger charge is -2.14. The molecule has 6 heteroatoms. The summed E-state index contributed by atoms with van der Waals surface area (Å²) in [6, 6.07) is 6.87. The van der Waals surface area contributed by atoms with Crippen LogP contribution < -0.4 is 20.7 Å². The van der Waals surface area contributed by atoms with E-state index in [4.69, 9.17) is 4.74 Å². The molecular formula is C13H19N3O3. The van der Waals surface area contributed by atoms with Crippen LogP contribution in [0.25, 0.3) is 0 Å². The van der Waals surface area contributed by atoms with Gasteiger partial charge in [0.15, 0.2) is 6.10 Å². The largest absolute Gasteiger partial charge is 0.481 e. The highest BCUT2D eigenvalue weighted by atomic mass is 16.5. The molecule has 19 heavy (non-hydrogen) atoms. The maximum Gasteiger partial charge on any atom is 0.321 e. The predicted molar refractivity (Wildman–Crippen MR) is 71.9 cm³/mol. The van der Waals surface area contributed by atoms with Crippen molar-refractivity contribution in [1.82, 2.24) is 16.0 Å². The van der Waals surface area contributed by atoms with Gasteiger partial charge in [-0.15, -0.1) is 0 Å². The number of benzene rings is 1. The predicted octanol–water partition coefficient (Wildman–Crippen LogP) is 0.629. The van der Waals surface area contributed by atoms with Crippen LogP contribution in [0, 0.1) is 0 Å². The minimum Gasteiger partial charge on any atom is -0.481 e. The van der Waals surface area contributed by atoms with Crippen LogP contribution in [0.5, 0.6) is 5.75 Å². The quantitative estimate of drug-likeness (QED) is 0.729. The van der Waals surface area contributed by atoms with E-state index >= 15 is 0 Å². The molecule has 1 aromatic rings. The maximum absolute atomic E-state index is 11.6. The average Bonchev–Trinajstić information content (AvgIpc) is 2.39. The first-order chi connectivity index (χ1) is 9.06. The average molecular weight is 265 g/mol. The Hall–Kier alpha value is -2.08. The Labute approximate surface area is 112 Å². The first kappa shape index (κ1) is 15.0. The second-order valence-electron chi connectivity index (χ2n) is 4.01. The van der Waals surface area contributed by atoms with Gasteiger partial charge in [0.25, 0.3) is 5.91 Å². The molecule has 0 bridgehead atoms. The molecule has 1 aromatic carbocycles. The normalized spacial score (nSPS) is 11.5. The van der Waals surface area contributed by atoms with Crippen molar-refractivity contribution in [3.63, 3.8) is 0 Å². The van der Waals surface area contributed by atoms with Crippen molar-refractivity contribution in [3.05, 3.63) is 29.8 Å². The van der Waals surface area contributed by atoms with Crippen LogP contribution in [-0.4, -0.2) is 32.1 Å². The number of imide groups is 1. The van der Waals surface area contributed by atoms with Crippen molar-refractivity contribution in [2.24, 2.45) is 0 Å². The summed E-state index contributed by atoms with van der Waals surface area (Å²) in [5.41, 5.74) is 1.05. The summed E-state index contributed by atoms with van der Waals surface area (Å²) in [7, 11) is 3.29. The van der Waals surface area contributed by atoms with Crippen LogP contribution in [-0.2, 0) is 11.3 Å². The van der Waals surface area contributed by atoms with Gasteiger partial charge in [-0.25, -0.2) is 4.79 Å². The minimum atomic E-state index is -0.748. The fraction of sp³-hybridized carbons (Fsp3) is 0.385. The lowest BCUT2D eigenvalue weighted by molar-refractivity contribution is -0.126. The van der Waals surface area contributed by atoms with Crippen molar-refractivity contribution < 1.29 is 14.3 Å². The van der Waals surface area contributed by atoms with Gasteiger partial charge in [-0.1, -0.05) is 12.1 Å². The Morgan fingerprint density at radius 1 is 1.32 bits per heavy atom. The molecular weight excluding hydrogens is 246 g/mol. The van der Waals surface area contributed by atoms with Crippen LogP contribution in [0.15, 0.2) is 24.3 Å². The van der Waals surface area contributed by atoms with E-state index in [2.05, 4.69) is 16.0 Å². The molecule has 0 spiro atoms. The number of urea groups is 1. The van der Waals surface area contributed by atoms with Crippen LogP contribution in [0.1, 0.15) is 12.5 Å². The van der Waals surface area contributed by atoms with Crippen molar-refractivity contribution >= 4 is 11.9 Å². The number of hydrogen-bond acceptors (Lipinski definition) is 4. The molecule has 1 rings (SSSR count). The van der Waals surface area contributed by atoms with Crippen LogP contribution in [0.4, 0.5) is 4.79 Å². The van der Waals surface area contributed by atoms with E-state index in [0.717, 1.165) is 12.1 Å². The van der Waals surface area contributed by atoms with Gasteiger partial charge in [0.05, 0.1) is 0 Å². The van der Waals surface area contributed by atoms with E-state index in [-0.39, 0.29) is 0 Å². The Balaban J connectivity index is 2.60. The second kappa shape index (κ2) is 7.38. The molecule has 0 radical (unpaired) electrons. The van der Waals surface area contributed by atoms with E-state index in [1.807, 2.05) is 25.2 Å². The van der Waals surface area contributed by atoms with Crippen LogP contribution in [0.2, 0.25) is 0 Å². The summed E-state index contributed by atoms with van der Waals surface area (Å²) in [5, 5.41) is 7.50. The van der Waals surface area contributed by atoms with E-state index < -0.39 is 18.0 Å². The van der Waals surface area contributed by atoms with Crippen LogP contribution >= 0.6 is 0 Å². The zero-order valence-corrected chi connectivity index (χ0v) is 11.3. The summed E-state index contributed by atoms with van der Waals surface area (Å²) in [6.45, 7) is 2.30. The molecule has 0 heterocycles. The molecule has 6 nitrogen and oxygen atoms in total. The van der Waals surface area contributed by atoms with Gasteiger partial charge in [-0.05, 0) is 31.7 Å². The van der Waals surface area contributed by atoms with E-state index in [1.165, 1.54) is 7.05 Å². The SMILES string of the molecule is CNCc1cccc(OC(C)C(=O)NC(=O)NC)c1. The fourth-order valence-corrected chi connectivity index (χ4v) is 1.47. The maximum atomic E-state index is 11.6. The van der Waals surface area contributed by atoms with Crippen molar-refractivity contribution in [2.75, 3.05) is 14.1 Å². The van der Waals surface area contributed by atoms with Gasteiger partial charge in [0.1, 0.15) is 5.75 Å². The first-order valence-corrected chi connectivity index (χ1v) is 5.99. The van der Waals surface area contributed by atoms with Gasteiger partial charge in [0, 0.05) is 13.6 Å². The Morgan fingerprint density at radius 3 is 2.68 bits per heavy atom. The second-order valence-corrected chi connectivity index (χ2v) is 4.01. The molecule has 0 aliphatic carbocycles. The zero-order chi connectivity index (χ0) is 14.3. The van der Waals surface area contributed by atoms with Gasteiger partial charge < -0.3 is 15.4 Å². The van der Waals surface area contributed by atoms with Gasteiger partial charge >= 0.3 is 6.03 Å². The molecule has 0 aromatic heterocycles. The smallest absolute Gasteiger partial charge is 0.321 e. The highest BCUT2D eigenvalue weighted by molar-refractivity contribution is 5.96. The summed E-state index contributed by atoms with van der Waals surface area (Å²) in [5.74, 6) is 0.102. The Morgan fingerprint density at radius 2 is 2.05 bits per heavy atom. The molecule has 0 fully saturated rings. The number of hydrogen-bond donors (Lipinski definition) is 3. The van der Waals surface area contributed by atoms with E-state index in [9.17, 15) is 9.59 Å². The third-order valence-corrected chi connectivity index (χ3v) is 2.43. The van der Waals surface area contributed by atoms with Crippen molar-refractivity contribution in [1.29, 1.82) is 0 Å². The van der Waals surface area contributed by atoms with Gasteiger partial charge in [-0.3, -0.25) is 10.1 Å². The van der Waals surface area contributed by atoms with E-state index in [0.29, 0.717) is 5.75 Å². The number of ether oxygens (including phenoxy) is 1. The third-order valence-electron chi connectivity index (χ3n) is 2.43. The molecule has 3 amide bonds. The summed E-state index contributed by atoms with van der Waals surface area (Å²) in [6.07, 6.45) is -0.748. The number of nitrogens with one attached hydrogen (secondary N) is 3. The zero-order valence-electron chi connectivity index (χ0n) is 11.3. The Bertz CT molecular complexity index is 449. The highest BCUT2D eigenvalue weighted by Gasteiger charge is 2.16. The minimum absolute atomic E-state index is 0.488. The molecule has 0 aliphatic rings. The van der Waals surface area contributed by atoms with Crippen molar-refractivity contribution in [2.45, 2.75) is 19.6 Å². The fourth-order valence-electron chi connectivity index (χ4n) is 1.47. The van der Waals surface area contributed by atoms with Gasteiger partial charge in [0.2, 0.25) is 0 Å². The monoisotopic (exact) mass is 265 g/mol. The number of carbonyl (C=O) groups excluding carboxylic acids is 2. The molecule has 1 atom stereocenters. The molecule has 0 saturated carbocycles.